The van der Waals surface area contributed by atoms with E-state index in [0.717, 1.165) is 18.1 Å². The molecule has 0 aliphatic heterocycles. The van der Waals surface area contributed by atoms with Crippen LogP contribution in [0, 0.1) is 5.92 Å². The van der Waals surface area contributed by atoms with Gasteiger partial charge in [0.25, 0.3) is 0 Å². The molecule has 0 radical (unpaired) electrons. The maximum Gasteiger partial charge on any atom is 1.00 e. The van der Waals surface area contributed by atoms with E-state index in [1.165, 1.54) is 109 Å². The predicted molar refractivity (Wildman–Crippen MR) is 148 cm³/mol. The minimum absolute atomic E-state index is 0. The van der Waals surface area contributed by atoms with Gasteiger partial charge in [0.15, 0.2) is 7.60 Å². The van der Waals surface area contributed by atoms with Crippen LogP contribution in [0.15, 0.2) is 0 Å². The van der Waals surface area contributed by atoms with Gasteiger partial charge in [-0.3, -0.25) is 0 Å². The Morgan fingerprint density at radius 1 is 0.895 bits per heavy atom. The van der Waals surface area contributed by atoms with Crippen molar-refractivity contribution in [3.63, 3.8) is 0 Å². The summed E-state index contributed by atoms with van der Waals surface area (Å²) in [6.45, 7) is 4.48. The molecule has 0 aromatic rings. The SMILES string of the molecule is CCCCCCC[C@@H](SCCCCCCCCC1CCCCC1)[C@H](C)OCCCOP(=O)([O-])C(=O)[O-].[Na+].[Na+]. The van der Waals surface area contributed by atoms with E-state index in [2.05, 4.69) is 18.4 Å². The normalized spacial score (nSPS) is 17.1. The first-order chi connectivity index (χ1) is 17.4. The van der Waals surface area contributed by atoms with Gasteiger partial charge in [-0.05, 0) is 37.9 Å². The largest absolute Gasteiger partial charge is 1.00 e. The molecule has 10 heteroatoms. The second-order valence-corrected chi connectivity index (χ2v) is 13.5. The van der Waals surface area contributed by atoms with Crippen LogP contribution in [0.2, 0.25) is 0 Å². The van der Waals surface area contributed by atoms with Gasteiger partial charge in [-0.15, -0.1) is 0 Å². The summed E-state index contributed by atoms with van der Waals surface area (Å²) in [6, 6.07) is 0. The fourth-order valence-corrected chi connectivity index (χ4v) is 6.86. The fraction of sp³-hybridized carbons (Fsp3) is 0.964. The molecule has 38 heavy (non-hydrogen) atoms. The molecule has 0 amide bonds. The van der Waals surface area contributed by atoms with Gasteiger partial charge in [0.1, 0.15) is 5.71 Å². The number of ether oxygens (including phenoxy) is 1. The fourth-order valence-electron chi connectivity index (χ4n) is 5.03. The molecule has 0 saturated heterocycles. The van der Waals surface area contributed by atoms with E-state index in [4.69, 9.17) is 4.74 Å². The van der Waals surface area contributed by atoms with E-state index in [1.807, 2.05) is 11.8 Å². The van der Waals surface area contributed by atoms with Crippen LogP contribution >= 0.6 is 19.4 Å². The second-order valence-electron chi connectivity index (χ2n) is 10.6. The predicted octanol–water partition coefficient (Wildman–Crippen LogP) is 1.48. The van der Waals surface area contributed by atoms with Crippen LogP contribution in [-0.4, -0.2) is 36.0 Å². The first kappa shape index (κ1) is 42.1. The third-order valence-electron chi connectivity index (χ3n) is 7.33. The van der Waals surface area contributed by atoms with Crippen molar-refractivity contribution >= 4 is 25.1 Å². The number of unbranched alkanes of at least 4 members (excludes halogenated alkanes) is 9. The zero-order valence-electron chi connectivity index (χ0n) is 25.1. The number of hydrogen-bond donors (Lipinski definition) is 0. The Kier molecular flexibility index (Phi) is 30.7. The van der Waals surface area contributed by atoms with Crippen molar-refractivity contribution in [1.82, 2.24) is 0 Å². The monoisotopic (exact) mass is 594 g/mol. The van der Waals surface area contributed by atoms with E-state index >= 15 is 0 Å². The van der Waals surface area contributed by atoms with Crippen molar-refractivity contribution in [3.8, 4) is 0 Å². The van der Waals surface area contributed by atoms with Crippen LogP contribution in [0.3, 0.4) is 0 Å². The third kappa shape index (κ3) is 22.5. The molecule has 0 N–H and O–H groups in total. The minimum atomic E-state index is -4.91. The van der Waals surface area contributed by atoms with Crippen molar-refractivity contribution in [3.05, 3.63) is 0 Å². The molecule has 1 aliphatic rings. The number of hydrogen-bond acceptors (Lipinski definition) is 7. The van der Waals surface area contributed by atoms with Gasteiger partial charge in [-0.1, -0.05) is 110 Å². The van der Waals surface area contributed by atoms with E-state index in [0.29, 0.717) is 18.3 Å². The molecule has 1 rings (SSSR count). The van der Waals surface area contributed by atoms with Crippen molar-refractivity contribution < 1.29 is 87.7 Å². The summed E-state index contributed by atoms with van der Waals surface area (Å²) in [5.41, 5.74) is -2.17. The number of carbonyl (C=O) groups is 1. The van der Waals surface area contributed by atoms with Crippen LogP contribution in [0.4, 0.5) is 4.79 Å². The van der Waals surface area contributed by atoms with Crippen molar-refractivity contribution in [2.45, 2.75) is 147 Å². The average molecular weight is 595 g/mol. The molecule has 1 aliphatic carbocycles. The van der Waals surface area contributed by atoms with Crippen LogP contribution in [0.5, 0.6) is 0 Å². The van der Waals surface area contributed by atoms with Gasteiger partial charge in [-0.25, -0.2) is 0 Å². The van der Waals surface area contributed by atoms with Crippen LogP contribution in [-0.2, 0) is 13.8 Å². The Labute approximate surface area is 282 Å². The quantitative estimate of drug-likeness (QED) is 0.0949. The molecule has 1 saturated carbocycles. The number of thioether (sulfide) groups is 1. The number of carbonyl (C=O) groups excluding carboxylic acids is 1. The second kappa shape index (κ2) is 27.7. The van der Waals surface area contributed by atoms with Crippen molar-refractivity contribution in [2.24, 2.45) is 5.92 Å². The standard InChI is InChI=1S/C28H55O6PS.2Na/c1-3-4-5-8-15-21-27(25(2)33-22-17-23-34-35(31,32)28(29)30)36-24-16-10-7-6-9-12-18-26-19-13-11-14-20-26;;/h25-27H,3-24H2,1-2H3,(H,29,30)(H,31,32);;/q;2*+1/p-2/t25-,27+;;/m0../s1. The molecule has 3 atom stereocenters. The molecule has 214 valence electrons. The maximum absolute atomic E-state index is 11.1. The Morgan fingerprint density at radius 3 is 2.16 bits per heavy atom. The van der Waals surface area contributed by atoms with Gasteiger partial charge < -0.3 is 28.6 Å². The van der Waals surface area contributed by atoms with Gasteiger partial charge in [0, 0.05) is 11.9 Å². The van der Waals surface area contributed by atoms with E-state index < -0.39 is 13.3 Å². The summed E-state index contributed by atoms with van der Waals surface area (Å²) in [4.78, 5) is 21.6. The van der Waals surface area contributed by atoms with E-state index in [-0.39, 0.29) is 71.8 Å². The molecule has 0 heterocycles. The molecule has 6 nitrogen and oxygen atoms in total. The Morgan fingerprint density at radius 2 is 1.50 bits per heavy atom. The number of carboxylic acid groups (broad SMARTS) is 1. The maximum atomic E-state index is 11.1. The molecule has 0 spiro atoms. The minimum Gasteiger partial charge on any atom is -0.774 e. The molecule has 1 fully saturated rings. The molecule has 0 aromatic carbocycles. The Hall–Kier alpha value is 1.93. The van der Waals surface area contributed by atoms with Crippen LogP contribution < -0.4 is 69.1 Å². The van der Waals surface area contributed by atoms with Crippen LogP contribution in [0.25, 0.3) is 0 Å². The summed E-state index contributed by atoms with van der Waals surface area (Å²) in [6.07, 6.45) is 24.7. The molecular weight excluding hydrogens is 541 g/mol. The summed E-state index contributed by atoms with van der Waals surface area (Å²) >= 11 is 2.02. The average Bonchev–Trinajstić information content (AvgIpc) is 2.86. The topological polar surface area (TPSA) is 98.7 Å². The molecule has 0 bridgehead atoms. The van der Waals surface area contributed by atoms with Crippen molar-refractivity contribution in [2.75, 3.05) is 19.0 Å². The smallest absolute Gasteiger partial charge is 0.774 e. The molecule has 0 aromatic heterocycles. The first-order valence-corrected chi connectivity index (χ1v) is 17.4. The molecular formula is C28H53Na2O6PS. The summed E-state index contributed by atoms with van der Waals surface area (Å²) in [7, 11) is -4.91. The van der Waals surface area contributed by atoms with Crippen LogP contribution in [0.1, 0.15) is 136 Å². The molecule has 1 unspecified atom stereocenters. The van der Waals surface area contributed by atoms with Gasteiger partial charge in [0.2, 0.25) is 0 Å². The van der Waals surface area contributed by atoms with Gasteiger partial charge in [-0.2, -0.15) is 11.8 Å². The Balaban J connectivity index is 0. The van der Waals surface area contributed by atoms with Crippen molar-refractivity contribution in [1.29, 1.82) is 0 Å². The summed E-state index contributed by atoms with van der Waals surface area (Å²) in [5.74, 6) is 2.17. The Bertz CT molecular complexity index is 596. The van der Waals surface area contributed by atoms with E-state index in [1.54, 1.807) is 0 Å². The van der Waals surface area contributed by atoms with Gasteiger partial charge >= 0.3 is 59.1 Å². The number of rotatable bonds is 24. The summed E-state index contributed by atoms with van der Waals surface area (Å²) < 4.78 is 21.6. The zero-order valence-corrected chi connectivity index (χ0v) is 30.8. The summed E-state index contributed by atoms with van der Waals surface area (Å²) in [5, 5.41) is 10.9. The van der Waals surface area contributed by atoms with Gasteiger partial charge in [0.05, 0.1) is 12.7 Å². The third-order valence-corrected chi connectivity index (χ3v) is 9.87. The zero-order chi connectivity index (χ0) is 26.5. The first-order valence-electron chi connectivity index (χ1n) is 14.8. The van der Waals surface area contributed by atoms with E-state index in [9.17, 15) is 19.4 Å².